The molecule has 0 N–H and O–H groups in total. The van der Waals surface area contributed by atoms with Crippen LogP contribution in [0.3, 0.4) is 0 Å². The maximum absolute atomic E-state index is 13.0. The van der Waals surface area contributed by atoms with Gasteiger partial charge in [-0.1, -0.05) is 97.7 Å². The van der Waals surface area contributed by atoms with Gasteiger partial charge in [0.2, 0.25) is 0 Å². The highest BCUT2D eigenvalue weighted by atomic mass is 35.5. The maximum Gasteiger partial charge on any atom is 0.256 e. The summed E-state index contributed by atoms with van der Waals surface area (Å²) in [6.45, 7) is 3.74. The minimum atomic E-state index is -1.18. The Morgan fingerprint density at radius 2 is 1.23 bits per heavy atom. The van der Waals surface area contributed by atoms with E-state index in [1.165, 1.54) is 0 Å². The Labute approximate surface area is 163 Å². The third kappa shape index (κ3) is 3.38. The van der Waals surface area contributed by atoms with Crippen molar-refractivity contribution in [3.8, 4) is 0 Å². The summed E-state index contributed by atoms with van der Waals surface area (Å²) >= 11 is 12.0. The first-order valence-electron chi connectivity index (χ1n) is 8.67. The molecule has 3 nitrogen and oxygen atoms in total. The molecule has 136 valence electrons. The van der Waals surface area contributed by atoms with Crippen molar-refractivity contribution in [3.05, 3.63) is 71.8 Å². The summed E-state index contributed by atoms with van der Waals surface area (Å²) < 4.78 is 0. The highest BCUT2D eigenvalue weighted by Gasteiger charge is 2.48. The van der Waals surface area contributed by atoms with E-state index in [4.69, 9.17) is 23.2 Å². The zero-order chi connectivity index (χ0) is 18.8. The van der Waals surface area contributed by atoms with E-state index in [9.17, 15) is 9.59 Å². The number of carbonyl (C=O) groups is 2. The van der Waals surface area contributed by atoms with Crippen molar-refractivity contribution < 1.29 is 9.59 Å². The van der Waals surface area contributed by atoms with Gasteiger partial charge in [-0.3, -0.25) is 9.59 Å². The second-order valence-corrected chi connectivity index (χ2v) is 7.83. The van der Waals surface area contributed by atoms with Crippen LogP contribution in [0.5, 0.6) is 0 Å². The number of likely N-dealkylation sites (tertiary alicyclic amines) is 1. The molecular formula is C21H21Cl2NO2. The van der Waals surface area contributed by atoms with Crippen LogP contribution in [0.4, 0.5) is 0 Å². The minimum absolute atomic E-state index is 0.137. The lowest BCUT2D eigenvalue weighted by Gasteiger charge is -2.48. The lowest BCUT2D eigenvalue weighted by atomic mass is 9.74. The van der Waals surface area contributed by atoms with Gasteiger partial charge in [-0.15, -0.1) is 0 Å². The Morgan fingerprint density at radius 3 is 1.58 bits per heavy atom. The summed E-state index contributed by atoms with van der Waals surface area (Å²) in [6.07, 6.45) is 0. The predicted molar refractivity (Wildman–Crippen MR) is 104 cm³/mol. The second-order valence-electron chi connectivity index (χ2n) is 6.74. The number of benzene rings is 2. The Morgan fingerprint density at radius 1 is 0.846 bits per heavy atom. The van der Waals surface area contributed by atoms with Crippen molar-refractivity contribution in [2.45, 2.75) is 30.8 Å². The molecule has 5 heteroatoms. The second kappa shape index (κ2) is 7.81. The molecule has 0 unspecified atom stereocenters. The molecule has 26 heavy (non-hydrogen) atoms. The lowest BCUT2D eigenvalue weighted by Crippen LogP contribution is -2.53. The Kier molecular flexibility index (Phi) is 5.69. The standard InChI is InChI=1S/C21H21Cl2NO2/c1-13-17(15-9-5-3-6-10-15)24(21(26)20(22)23)18(14(2)19(13)25)16-11-7-4-8-12-16/h3-14,17-18,20H,1-2H3/t13-,14+,17+,18-. The van der Waals surface area contributed by atoms with Gasteiger partial charge in [0.25, 0.3) is 5.91 Å². The lowest BCUT2D eigenvalue weighted by molar-refractivity contribution is -0.150. The van der Waals surface area contributed by atoms with Gasteiger partial charge < -0.3 is 4.90 Å². The molecule has 0 spiro atoms. The number of piperidine rings is 1. The SMILES string of the molecule is C[C@@H]1C(=O)[C@H](C)[C@@H](c2ccccc2)N(C(=O)C(Cl)Cl)[C@H]1c1ccccc1. The van der Waals surface area contributed by atoms with Gasteiger partial charge in [-0.2, -0.15) is 0 Å². The quantitative estimate of drug-likeness (QED) is 0.695. The first-order chi connectivity index (χ1) is 12.4. The van der Waals surface area contributed by atoms with Gasteiger partial charge in [-0.05, 0) is 11.1 Å². The van der Waals surface area contributed by atoms with Gasteiger partial charge in [-0.25, -0.2) is 0 Å². The van der Waals surface area contributed by atoms with Crippen molar-refractivity contribution in [2.24, 2.45) is 11.8 Å². The number of alkyl halides is 2. The number of nitrogens with zero attached hydrogens (tertiary/aromatic N) is 1. The van der Waals surface area contributed by atoms with E-state index in [2.05, 4.69) is 0 Å². The molecule has 1 aliphatic heterocycles. The third-order valence-corrected chi connectivity index (χ3v) is 5.54. The normalized spacial score (nSPS) is 26.2. The fourth-order valence-electron chi connectivity index (χ4n) is 3.97. The van der Waals surface area contributed by atoms with Crippen molar-refractivity contribution >= 4 is 34.9 Å². The van der Waals surface area contributed by atoms with Crippen LogP contribution in [0.15, 0.2) is 60.7 Å². The minimum Gasteiger partial charge on any atom is -0.325 e. The highest BCUT2D eigenvalue weighted by molar-refractivity contribution is 6.53. The molecule has 1 heterocycles. The zero-order valence-electron chi connectivity index (χ0n) is 14.7. The molecule has 3 rings (SSSR count). The fraction of sp³-hybridized carbons (Fsp3) is 0.333. The molecule has 1 saturated heterocycles. The largest absolute Gasteiger partial charge is 0.325 e. The Balaban J connectivity index is 2.17. The topological polar surface area (TPSA) is 37.4 Å². The fourth-order valence-corrected chi connectivity index (χ4v) is 4.19. The number of carbonyl (C=O) groups excluding carboxylic acids is 2. The van der Waals surface area contributed by atoms with Gasteiger partial charge in [0.15, 0.2) is 4.84 Å². The van der Waals surface area contributed by atoms with Crippen LogP contribution in [0, 0.1) is 11.8 Å². The van der Waals surface area contributed by atoms with Crippen LogP contribution >= 0.6 is 23.2 Å². The molecule has 0 aliphatic carbocycles. The monoisotopic (exact) mass is 389 g/mol. The predicted octanol–water partition coefficient (Wildman–Crippen LogP) is 4.96. The van der Waals surface area contributed by atoms with Gasteiger partial charge in [0, 0.05) is 11.8 Å². The van der Waals surface area contributed by atoms with E-state index in [1.54, 1.807) is 4.90 Å². The molecule has 4 atom stereocenters. The van der Waals surface area contributed by atoms with Crippen LogP contribution < -0.4 is 0 Å². The summed E-state index contributed by atoms with van der Waals surface area (Å²) in [5.41, 5.74) is 1.81. The molecule has 0 aromatic heterocycles. The smallest absolute Gasteiger partial charge is 0.256 e. The van der Waals surface area contributed by atoms with Crippen LogP contribution in [0.2, 0.25) is 0 Å². The molecule has 1 amide bonds. The molecule has 1 aliphatic rings. The zero-order valence-corrected chi connectivity index (χ0v) is 16.2. The number of Topliss-reactive ketones (excluding diaryl/α,β-unsaturated/α-hetero) is 1. The van der Waals surface area contributed by atoms with Gasteiger partial charge in [0.1, 0.15) is 5.78 Å². The van der Waals surface area contributed by atoms with E-state index in [1.807, 2.05) is 74.5 Å². The van der Waals surface area contributed by atoms with Crippen LogP contribution in [-0.4, -0.2) is 21.4 Å². The molecular weight excluding hydrogens is 369 g/mol. The van der Waals surface area contributed by atoms with Gasteiger partial charge in [0.05, 0.1) is 12.1 Å². The number of hydrogen-bond donors (Lipinski definition) is 0. The van der Waals surface area contributed by atoms with Gasteiger partial charge >= 0.3 is 0 Å². The number of amides is 1. The van der Waals surface area contributed by atoms with Crippen LogP contribution in [0.25, 0.3) is 0 Å². The summed E-state index contributed by atoms with van der Waals surface area (Å²) in [7, 11) is 0. The van der Waals surface area contributed by atoms with Crippen molar-refractivity contribution in [1.82, 2.24) is 4.90 Å². The van der Waals surface area contributed by atoms with E-state index < -0.39 is 16.9 Å². The summed E-state index contributed by atoms with van der Waals surface area (Å²) in [5, 5.41) is 0. The average molecular weight is 390 g/mol. The van der Waals surface area contributed by atoms with Crippen LogP contribution in [-0.2, 0) is 9.59 Å². The van der Waals surface area contributed by atoms with Crippen molar-refractivity contribution in [3.63, 3.8) is 0 Å². The first kappa shape index (κ1) is 18.9. The molecule has 2 aromatic carbocycles. The highest BCUT2D eigenvalue weighted by Crippen LogP contribution is 2.46. The third-order valence-electron chi connectivity index (χ3n) is 5.17. The van der Waals surface area contributed by atoms with Crippen molar-refractivity contribution in [2.75, 3.05) is 0 Å². The average Bonchev–Trinajstić information content (AvgIpc) is 2.66. The van der Waals surface area contributed by atoms with E-state index >= 15 is 0 Å². The van der Waals surface area contributed by atoms with E-state index in [-0.39, 0.29) is 23.5 Å². The molecule has 0 saturated carbocycles. The molecule has 0 bridgehead atoms. The molecule has 0 radical (unpaired) electrons. The molecule has 2 aromatic rings. The Bertz CT molecular complexity index is 724. The number of halogens is 2. The summed E-state index contributed by atoms with van der Waals surface area (Å²) in [5.74, 6) is -0.925. The summed E-state index contributed by atoms with van der Waals surface area (Å²) in [6, 6.07) is 18.4. The summed E-state index contributed by atoms with van der Waals surface area (Å²) in [4.78, 5) is 26.6. The van der Waals surface area contributed by atoms with Crippen molar-refractivity contribution in [1.29, 1.82) is 0 Å². The number of hydrogen-bond acceptors (Lipinski definition) is 2. The number of ketones is 1. The maximum atomic E-state index is 13.0. The first-order valence-corrected chi connectivity index (χ1v) is 9.54. The Hall–Kier alpha value is -1.84. The van der Waals surface area contributed by atoms with Crippen LogP contribution in [0.1, 0.15) is 37.1 Å². The number of rotatable bonds is 3. The van der Waals surface area contributed by atoms with E-state index in [0.717, 1.165) is 11.1 Å². The molecule has 1 fully saturated rings. The van der Waals surface area contributed by atoms with E-state index in [0.29, 0.717) is 0 Å².